The van der Waals surface area contributed by atoms with Crippen LogP contribution in [0.4, 0.5) is 5.69 Å². The third kappa shape index (κ3) is 7.81. The van der Waals surface area contributed by atoms with Crippen LogP contribution in [0.25, 0.3) is 0 Å². The minimum absolute atomic E-state index is 0.0473. The molecule has 40 heavy (non-hydrogen) atoms. The summed E-state index contributed by atoms with van der Waals surface area (Å²) in [5.74, 6) is -0.543. The van der Waals surface area contributed by atoms with Crippen LogP contribution in [0.15, 0.2) is 71.6 Å². The fourth-order valence-corrected chi connectivity index (χ4v) is 5.84. The maximum atomic E-state index is 13.9. The van der Waals surface area contributed by atoms with E-state index in [1.807, 2.05) is 0 Å². The van der Waals surface area contributed by atoms with Crippen LogP contribution in [-0.4, -0.2) is 50.9 Å². The Bertz CT molecular complexity index is 1450. The first-order chi connectivity index (χ1) is 18.8. The van der Waals surface area contributed by atoms with Crippen molar-refractivity contribution >= 4 is 62.3 Å². The third-order valence-corrected chi connectivity index (χ3v) is 8.62. The van der Waals surface area contributed by atoms with E-state index in [1.54, 1.807) is 32.9 Å². The molecule has 0 radical (unpaired) electrons. The zero-order valence-electron chi connectivity index (χ0n) is 22.4. The van der Waals surface area contributed by atoms with Gasteiger partial charge in [0.2, 0.25) is 11.8 Å². The molecule has 0 fully saturated rings. The molecule has 0 spiro atoms. The number of amides is 2. The zero-order chi connectivity index (χ0) is 29.6. The van der Waals surface area contributed by atoms with Gasteiger partial charge in [0.05, 0.1) is 17.7 Å². The van der Waals surface area contributed by atoms with E-state index in [0.717, 1.165) is 4.31 Å². The minimum Gasteiger partial charge on any atom is -0.497 e. The normalized spacial score (nSPS) is 12.1. The first kappa shape index (κ1) is 31.5. The first-order valence-corrected chi connectivity index (χ1v) is 14.9. The lowest BCUT2D eigenvalue weighted by molar-refractivity contribution is -0.139. The predicted octanol–water partition coefficient (Wildman–Crippen LogP) is 5.79. The first-order valence-electron chi connectivity index (χ1n) is 12.3. The van der Waals surface area contributed by atoms with Crippen molar-refractivity contribution in [3.8, 4) is 5.75 Å². The van der Waals surface area contributed by atoms with Gasteiger partial charge in [0.1, 0.15) is 18.3 Å². The molecule has 1 atom stereocenters. The van der Waals surface area contributed by atoms with Crippen LogP contribution >= 0.6 is 34.8 Å². The van der Waals surface area contributed by atoms with Crippen LogP contribution in [0.3, 0.4) is 0 Å². The number of methoxy groups -OCH3 is 1. The molecule has 0 heterocycles. The number of ether oxygens (including phenoxy) is 1. The molecule has 2 amide bonds. The highest BCUT2D eigenvalue weighted by Crippen LogP contribution is 2.28. The molecule has 1 N–H and O–H groups in total. The number of carbonyl (C=O) groups excluding carboxylic acids is 2. The average Bonchev–Trinajstić information content (AvgIpc) is 2.91. The maximum absolute atomic E-state index is 13.9. The van der Waals surface area contributed by atoms with E-state index in [2.05, 4.69) is 5.32 Å². The highest BCUT2D eigenvalue weighted by molar-refractivity contribution is 7.92. The lowest BCUT2D eigenvalue weighted by Gasteiger charge is -2.32. The van der Waals surface area contributed by atoms with Crippen LogP contribution in [0.2, 0.25) is 15.1 Å². The third-order valence-electron chi connectivity index (χ3n) is 5.99. The molecule has 0 aliphatic carbocycles. The fraction of sp³-hybridized carbons (Fsp3) is 0.286. The highest BCUT2D eigenvalue weighted by Gasteiger charge is 2.33. The molecule has 0 saturated heterocycles. The number of carbonyl (C=O) groups is 2. The second-order valence-electron chi connectivity index (χ2n) is 9.26. The fourth-order valence-electron chi connectivity index (χ4n) is 3.83. The molecule has 0 unspecified atom stereocenters. The van der Waals surface area contributed by atoms with E-state index in [-0.39, 0.29) is 23.2 Å². The number of nitrogens with zero attached hydrogens (tertiary/aromatic N) is 2. The molecule has 8 nitrogen and oxygen atoms in total. The van der Waals surface area contributed by atoms with Crippen LogP contribution < -0.4 is 14.4 Å². The average molecular weight is 627 g/mol. The van der Waals surface area contributed by atoms with Crippen molar-refractivity contribution < 1.29 is 22.7 Å². The lowest BCUT2D eigenvalue weighted by atomic mass is 10.1. The molecule has 3 rings (SSSR count). The van der Waals surface area contributed by atoms with E-state index in [0.29, 0.717) is 26.4 Å². The summed E-state index contributed by atoms with van der Waals surface area (Å²) in [6.45, 7) is 4.52. The summed E-state index contributed by atoms with van der Waals surface area (Å²) < 4.78 is 33.8. The Kier molecular flexibility index (Phi) is 10.7. The van der Waals surface area contributed by atoms with Crippen molar-refractivity contribution in [2.45, 2.75) is 44.3 Å². The molecule has 0 aliphatic rings. The lowest BCUT2D eigenvalue weighted by Crippen LogP contribution is -2.52. The van der Waals surface area contributed by atoms with Gasteiger partial charge >= 0.3 is 0 Å². The minimum atomic E-state index is -4.23. The summed E-state index contributed by atoms with van der Waals surface area (Å²) in [6.07, 6.45) is 0. The quantitative estimate of drug-likeness (QED) is 0.291. The Labute approximate surface area is 249 Å². The van der Waals surface area contributed by atoms with E-state index in [1.165, 1.54) is 66.6 Å². The Morgan fingerprint density at radius 3 is 2.05 bits per heavy atom. The summed E-state index contributed by atoms with van der Waals surface area (Å²) >= 11 is 18.5. The monoisotopic (exact) mass is 625 g/mol. The second-order valence-corrected chi connectivity index (χ2v) is 12.4. The molecule has 0 saturated carbocycles. The van der Waals surface area contributed by atoms with Gasteiger partial charge in [-0.05, 0) is 87.0 Å². The molecule has 0 aromatic heterocycles. The van der Waals surface area contributed by atoms with Crippen molar-refractivity contribution in [3.05, 3.63) is 87.4 Å². The van der Waals surface area contributed by atoms with Gasteiger partial charge in [0.15, 0.2) is 0 Å². The van der Waals surface area contributed by atoms with Crippen LogP contribution in [0.1, 0.15) is 26.3 Å². The van der Waals surface area contributed by atoms with Crippen molar-refractivity contribution in [2.24, 2.45) is 0 Å². The Morgan fingerprint density at radius 2 is 1.50 bits per heavy atom. The van der Waals surface area contributed by atoms with Gasteiger partial charge in [0.25, 0.3) is 10.0 Å². The van der Waals surface area contributed by atoms with E-state index in [9.17, 15) is 18.0 Å². The summed E-state index contributed by atoms with van der Waals surface area (Å²) in [5, 5.41) is 3.92. The smallest absolute Gasteiger partial charge is 0.264 e. The number of nitrogens with one attached hydrogen (secondary N) is 1. The molecule has 3 aromatic rings. The maximum Gasteiger partial charge on any atom is 0.264 e. The van der Waals surface area contributed by atoms with Crippen LogP contribution in [0.5, 0.6) is 5.75 Å². The number of hydrogen-bond acceptors (Lipinski definition) is 5. The second kappa shape index (κ2) is 13.6. The van der Waals surface area contributed by atoms with Gasteiger partial charge in [-0.25, -0.2) is 8.42 Å². The van der Waals surface area contributed by atoms with E-state index < -0.39 is 34.4 Å². The van der Waals surface area contributed by atoms with Crippen LogP contribution in [-0.2, 0) is 26.2 Å². The van der Waals surface area contributed by atoms with Gasteiger partial charge in [-0.1, -0.05) is 40.9 Å². The number of benzene rings is 3. The topological polar surface area (TPSA) is 96.0 Å². The summed E-state index contributed by atoms with van der Waals surface area (Å²) in [5.41, 5.74) is 0.761. The molecule has 3 aromatic carbocycles. The Morgan fingerprint density at radius 1 is 0.900 bits per heavy atom. The summed E-state index contributed by atoms with van der Waals surface area (Å²) in [7, 11) is -2.76. The number of rotatable bonds is 11. The molecule has 0 bridgehead atoms. The standard InChI is InChI=1S/C28H30Cl3N3O5S/c1-18(2)32-28(36)19(3)33(16-20-5-6-22(30)15-26(20)31)27(35)17-34(23-9-7-21(29)8-10-23)40(37,38)25-13-11-24(39-4)12-14-25/h5-15,18-19H,16-17H2,1-4H3,(H,32,36)/t19-/m1/s1. The van der Waals surface area contributed by atoms with E-state index >= 15 is 0 Å². The summed E-state index contributed by atoms with van der Waals surface area (Å²) in [6, 6.07) is 15.6. The Hall–Kier alpha value is -2.98. The number of sulfonamides is 1. The van der Waals surface area contributed by atoms with Crippen molar-refractivity contribution in [3.63, 3.8) is 0 Å². The Balaban J connectivity index is 2.05. The van der Waals surface area contributed by atoms with Gasteiger partial charge in [0, 0.05) is 27.7 Å². The van der Waals surface area contributed by atoms with Gasteiger partial charge in [-0.3, -0.25) is 13.9 Å². The van der Waals surface area contributed by atoms with Gasteiger partial charge in [-0.2, -0.15) is 0 Å². The molecule has 214 valence electrons. The van der Waals surface area contributed by atoms with E-state index in [4.69, 9.17) is 39.5 Å². The van der Waals surface area contributed by atoms with Gasteiger partial charge < -0.3 is 15.0 Å². The molecular weight excluding hydrogens is 597 g/mol. The number of halogens is 3. The summed E-state index contributed by atoms with van der Waals surface area (Å²) in [4.78, 5) is 28.1. The predicted molar refractivity (Wildman–Crippen MR) is 159 cm³/mol. The largest absolute Gasteiger partial charge is 0.497 e. The zero-order valence-corrected chi connectivity index (χ0v) is 25.5. The molecule has 0 aliphatic heterocycles. The number of hydrogen-bond donors (Lipinski definition) is 1. The molecular formula is C28H30Cl3N3O5S. The van der Waals surface area contributed by atoms with Crippen molar-refractivity contribution in [1.82, 2.24) is 10.2 Å². The van der Waals surface area contributed by atoms with Gasteiger partial charge in [-0.15, -0.1) is 0 Å². The van der Waals surface area contributed by atoms with Crippen molar-refractivity contribution in [1.29, 1.82) is 0 Å². The van der Waals surface area contributed by atoms with Crippen LogP contribution in [0, 0.1) is 0 Å². The number of anilines is 1. The SMILES string of the molecule is COc1ccc(S(=O)(=O)N(CC(=O)N(Cc2ccc(Cl)cc2Cl)[C@H](C)C(=O)NC(C)C)c2ccc(Cl)cc2)cc1. The molecule has 12 heteroatoms. The highest BCUT2D eigenvalue weighted by atomic mass is 35.5. The van der Waals surface area contributed by atoms with Crippen molar-refractivity contribution in [2.75, 3.05) is 18.0 Å².